The van der Waals surface area contributed by atoms with Crippen LogP contribution in [0.4, 0.5) is 0 Å². The van der Waals surface area contributed by atoms with Crippen LogP contribution >= 0.6 is 0 Å². The molecule has 0 amide bonds. The van der Waals surface area contributed by atoms with Gasteiger partial charge in [0.05, 0.1) is 10.8 Å². The van der Waals surface area contributed by atoms with Gasteiger partial charge in [0, 0.05) is 10.6 Å². The summed E-state index contributed by atoms with van der Waals surface area (Å²) in [7, 11) is -0.882. The Morgan fingerprint density at radius 2 is 2.06 bits per heavy atom. The van der Waals surface area contributed by atoms with Crippen molar-refractivity contribution in [3.63, 3.8) is 0 Å². The van der Waals surface area contributed by atoms with Crippen LogP contribution in [-0.2, 0) is 10.8 Å². The fourth-order valence-corrected chi connectivity index (χ4v) is 3.76. The molecule has 0 aliphatic heterocycles. The van der Waals surface area contributed by atoms with Crippen LogP contribution in [0.15, 0.2) is 59.0 Å². The summed E-state index contributed by atoms with van der Waals surface area (Å²) in [6.45, 7) is 0. The lowest BCUT2D eigenvalue weighted by atomic mass is 10.0. The minimum Gasteiger partial charge on any atom is -0.254 e. The minimum absolute atomic E-state index is 0.646. The predicted molar refractivity (Wildman–Crippen MR) is 71.2 cm³/mol. The molecular weight excluding hydrogens is 228 g/mol. The van der Waals surface area contributed by atoms with E-state index >= 15 is 0 Å². The second kappa shape index (κ2) is 4.61. The molecule has 2 bridgehead atoms. The third-order valence-electron chi connectivity index (χ3n) is 3.65. The maximum Gasteiger partial charge on any atom is 0.0568 e. The molecule has 1 aromatic rings. The van der Waals surface area contributed by atoms with E-state index in [1.54, 1.807) is 0 Å². The summed E-state index contributed by atoms with van der Waals surface area (Å²) in [5.41, 5.74) is 1.50. The molecule has 88 valence electrons. The predicted octanol–water partition coefficient (Wildman–Crippen LogP) is 3.32. The molecule has 3 rings (SSSR count). The molecule has 1 aromatic carbocycles. The Bertz CT molecular complexity index is 487. The van der Waals surface area contributed by atoms with Crippen LogP contribution in [-0.4, -0.2) is 9.96 Å². The van der Waals surface area contributed by atoms with Gasteiger partial charge in [-0.15, -0.1) is 0 Å². The molecule has 0 heterocycles. The van der Waals surface area contributed by atoms with Crippen molar-refractivity contribution in [2.45, 2.75) is 17.7 Å². The normalized spacial score (nSPS) is 30.0. The Kier molecular flexibility index (Phi) is 2.98. The van der Waals surface area contributed by atoms with Gasteiger partial charge in [-0.05, 0) is 36.8 Å². The topological polar surface area (TPSA) is 17.1 Å². The highest BCUT2D eigenvalue weighted by molar-refractivity contribution is 7.85. The molecule has 17 heavy (non-hydrogen) atoms. The first kappa shape index (κ1) is 11.0. The monoisotopic (exact) mass is 244 g/mol. The Morgan fingerprint density at radius 3 is 2.71 bits per heavy atom. The SMILES string of the molecule is O=S(C/C=C1\CC2C=CC1C2)c1ccccc1. The van der Waals surface area contributed by atoms with Gasteiger partial charge < -0.3 is 0 Å². The Balaban J connectivity index is 1.67. The van der Waals surface area contributed by atoms with Gasteiger partial charge in [-0.2, -0.15) is 0 Å². The fraction of sp³-hybridized carbons (Fsp3) is 0.333. The summed E-state index contributed by atoms with van der Waals surface area (Å²) in [5.74, 6) is 2.07. The third-order valence-corrected chi connectivity index (χ3v) is 4.92. The lowest BCUT2D eigenvalue weighted by Gasteiger charge is -2.07. The van der Waals surface area contributed by atoms with Crippen molar-refractivity contribution in [2.24, 2.45) is 11.8 Å². The van der Waals surface area contributed by atoms with Gasteiger partial charge in [0.2, 0.25) is 0 Å². The van der Waals surface area contributed by atoms with Crippen LogP contribution in [0.3, 0.4) is 0 Å². The van der Waals surface area contributed by atoms with E-state index in [1.165, 1.54) is 18.4 Å². The molecule has 1 nitrogen and oxygen atoms in total. The average molecular weight is 244 g/mol. The highest BCUT2D eigenvalue weighted by Gasteiger charge is 2.30. The van der Waals surface area contributed by atoms with E-state index in [0.717, 1.165) is 10.8 Å². The summed E-state index contributed by atoms with van der Waals surface area (Å²) in [6, 6.07) is 9.73. The molecule has 2 aliphatic carbocycles. The second-order valence-electron chi connectivity index (χ2n) is 4.80. The van der Waals surface area contributed by atoms with Crippen molar-refractivity contribution in [1.29, 1.82) is 0 Å². The molecule has 2 aliphatic rings. The Hall–Kier alpha value is -1.15. The molecule has 0 aromatic heterocycles. The molecular formula is C15H16OS. The van der Waals surface area contributed by atoms with Gasteiger partial charge in [0.1, 0.15) is 0 Å². The van der Waals surface area contributed by atoms with E-state index in [0.29, 0.717) is 11.7 Å². The largest absolute Gasteiger partial charge is 0.254 e. The number of hydrogen-bond donors (Lipinski definition) is 0. The molecule has 0 spiro atoms. The fourth-order valence-electron chi connectivity index (χ4n) is 2.74. The number of rotatable bonds is 3. The molecule has 1 fully saturated rings. The lowest BCUT2D eigenvalue weighted by Crippen LogP contribution is -1.99. The Morgan fingerprint density at radius 1 is 1.24 bits per heavy atom. The third kappa shape index (κ3) is 2.27. The van der Waals surface area contributed by atoms with Crippen molar-refractivity contribution < 1.29 is 4.21 Å². The van der Waals surface area contributed by atoms with Crippen molar-refractivity contribution >= 4 is 10.8 Å². The smallest absolute Gasteiger partial charge is 0.0568 e. The standard InChI is InChI=1S/C15H16OS/c16-17(15-4-2-1-3-5-15)9-8-14-11-12-6-7-13(14)10-12/h1-8,12-13H,9-11H2/b14-8+. The first-order chi connectivity index (χ1) is 8.33. The van der Waals surface area contributed by atoms with Gasteiger partial charge >= 0.3 is 0 Å². The van der Waals surface area contributed by atoms with Gasteiger partial charge in [-0.25, -0.2) is 0 Å². The second-order valence-corrected chi connectivity index (χ2v) is 6.29. The molecule has 3 unspecified atom stereocenters. The van der Waals surface area contributed by atoms with Crippen LogP contribution in [0.2, 0.25) is 0 Å². The number of hydrogen-bond acceptors (Lipinski definition) is 1. The summed E-state index contributed by atoms with van der Waals surface area (Å²) < 4.78 is 12.1. The minimum atomic E-state index is -0.882. The summed E-state index contributed by atoms with van der Waals surface area (Å²) in [5, 5.41) is 0. The number of allylic oxidation sites excluding steroid dienone is 3. The zero-order valence-corrected chi connectivity index (χ0v) is 10.5. The quantitative estimate of drug-likeness (QED) is 0.745. The molecule has 3 atom stereocenters. The van der Waals surface area contributed by atoms with Crippen LogP contribution < -0.4 is 0 Å². The van der Waals surface area contributed by atoms with Gasteiger partial charge in [0.25, 0.3) is 0 Å². The zero-order valence-electron chi connectivity index (χ0n) is 9.71. The molecule has 1 saturated carbocycles. The highest BCUT2D eigenvalue weighted by atomic mass is 32.2. The molecule has 0 N–H and O–H groups in total. The van der Waals surface area contributed by atoms with E-state index in [-0.39, 0.29) is 0 Å². The molecule has 0 saturated heterocycles. The van der Waals surface area contributed by atoms with Crippen molar-refractivity contribution in [2.75, 3.05) is 5.75 Å². The first-order valence-corrected chi connectivity index (χ1v) is 7.45. The van der Waals surface area contributed by atoms with E-state index in [9.17, 15) is 4.21 Å². The van der Waals surface area contributed by atoms with Gasteiger partial charge in [0.15, 0.2) is 0 Å². The van der Waals surface area contributed by atoms with E-state index in [1.807, 2.05) is 30.3 Å². The van der Waals surface area contributed by atoms with Gasteiger partial charge in [-0.3, -0.25) is 4.21 Å². The molecule has 0 radical (unpaired) electrons. The van der Waals surface area contributed by atoms with Crippen LogP contribution in [0, 0.1) is 11.8 Å². The zero-order chi connectivity index (χ0) is 11.7. The number of benzene rings is 1. The lowest BCUT2D eigenvalue weighted by molar-refractivity contribution is 0.685. The van der Waals surface area contributed by atoms with Crippen molar-refractivity contribution in [3.8, 4) is 0 Å². The van der Waals surface area contributed by atoms with E-state index in [2.05, 4.69) is 18.2 Å². The maximum atomic E-state index is 12.1. The van der Waals surface area contributed by atoms with Crippen LogP contribution in [0.25, 0.3) is 0 Å². The van der Waals surface area contributed by atoms with Crippen molar-refractivity contribution in [1.82, 2.24) is 0 Å². The first-order valence-electron chi connectivity index (χ1n) is 6.13. The maximum absolute atomic E-state index is 12.1. The highest BCUT2D eigenvalue weighted by Crippen LogP contribution is 2.42. The number of fused-ring (bicyclic) bond motifs is 2. The Labute approximate surface area is 105 Å². The average Bonchev–Trinajstić information content (AvgIpc) is 2.99. The van der Waals surface area contributed by atoms with E-state index in [4.69, 9.17) is 0 Å². The van der Waals surface area contributed by atoms with Crippen LogP contribution in [0.1, 0.15) is 12.8 Å². The summed E-state index contributed by atoms with van der Waals surface area (Å²) in [4.78, 5) is 0.933. The van der Waals surface area contributed by atoms with E-state index < -0.39 is 10.8 Å². The molecule has 2 heteroatoms. The van der Waals surface area contributed by atoms with Crippen molar-refractivity contribution in [3.05, 3.63) is 54.1 Å². The van der Waals surface area contributed by atoms with Crippen LogP contribution in [0.5, 0.6) is 0 Å². The summed E-state index contributed by atoms with van der Waals surface area (Å²) in [6.07, 6.45) is 9.32. The summed E-state index contributed by atoms with van der Waals surface area (Å²) >= 11 is 0. The van der Waals surface area contributed by atoms with Gasteiger partial charge in [-0.1, -0.05) is 42.0 Å².